The van der Waals surface area contributed by atoms with Crippen molar-refractivity contribution in [2.24, 2.45) is 20.0 Å². The molecule has 2 aliphatic rings. The first-order valence-corrected chi connectivity index (χ1v) is 4.13. The number of carbonyl (C=O) groups excluding carboxylic acids is 1. The number of nitrogens with zero attached hydrogens (tertiary/aromatic N) is 5. The highest BCUT2D eigenvalue weighted by molar-refractivity contribution is 6.28. The molecule has 0 radical (unpaired) electrons. The van der Waals surface area contributed by atoms with Crippen molar-refractivity contribution in [2.75, 3.05) is 14.1 Å². The van der Waals surface area contributed by atoms with Crippen molar-refractivity contribution in [1.29, 1.82) is 0 Å². The third-order valence-electron chi connectivity index (χ3n) is 1.88. The molecule has 0 aromatic carbocycles. The molecule has 2 rings (SSSR count). The molecule has 0 saturated carbocycles. The molecule has 0 saturated heterocycles. The molecule has 2 heterocycles. The van der Waals surface area contributed by atoms with Gasteiger partial charge in [-0.15, -0.1) is 0 Å². The quantitative estimate of drug-likeness (QED) is 0.540. The topological polar surface area (TPSA) is 69.8 Å². The third kappa shape index (κ3) is 1.34. The van der Waals surface area contributed by atoms with Gasteiger partial charge in [-0.05, 0) is 0 Å². The minimum Gasteiger partial charge on any atom is -0.364 e. The Morgan fingerprint density at radius 2 is 2.07 bits per heavy atom. The summed E-state index contributed by atoms with van der Waals surface area (Å²) in [5.74, 6) is 0.990. The van der Waals surface area contributed by atoms with Crippen LogP contribution in [0.5, 0.6) is 0 Å². The molecule has 0 bridgehead atoms. The number of amidine groups is 2. The van der Waals surface area contributed by atoms with Gasteiger partial charge in [-0.1, -0.05) is 0 Å². The Labute approximate surface area is 80.8 Å². The van der Waals surface area contributed by atoms with Crippen molar-refractivity contribution < 1.29 is 4.79 Å². The van der Waals surface area contributed by atoms with Crippen molar-refractivity contribution in [1.82, 2.24) is 4.90 Å². The Hall–Kier alpha value is -1.85. The lowest BCUT2D eigenvalue weighted by molar-refractivity contribution is 0.256. The number of aliphatic imine (C=N–C) groups is 4. The van der Waals surface area contributed by atoms with Crippen LogP contribution in [0.15, 0.2) is 20.0 Å². The summed E-state index contributed by atoms with van der Waals surface area (Å²) in [6.07, 6.45) is 3.10. The van der Waals surface area contributed by atoms with Gasteiger partial charge in [0, 0.05) is 26.5 Å². The first-order chi connectivity index (χ1) is 6.68. The Balaban J connectivity index is 2.41. The van der Waals surface area contributed by atoms with Gasteiger partial charge in [0.15, 0.2) is 11.9 Å². The van der Waals surface area contributed by atoms with Crippen LogP contribution in [0, 0.1) is 0 Å². The van der Waals surface area contributed by atoms with Gasteiger partial charge in [0.25, 0.3) is 0 Å². The summed E-state index contributed by atoms with van der Waals surface area (Å²) < 4.78 is 0. The van der Waals surface area contributed by atoms with E-state index in [1.807, 2.05) is 14.1 Å². The van der Waals surface area contributed by atoms with Gasteiger partial charge in [0.2, 0.25) is 0 Å². The van der Waals surface area contributed by atoms with Crippen LogP contribution in [0.4, 0.5) is 4.79 Å². The minimum absolute atomic E-state index is 0.326. The van der Waals surface area contributed by atoms with E-state index in [1.165, 1.54) is 6.21 Å². The maximum absolute atomic E-state index is 11.1. The maximum atomic E-state index is 11.1. The number of carbonyl (C=O) groups is 1. The molecule has 0 fully saturated rings. The van der Waals surface area contributed by atoms with Crippen molar-refractivity contribution in [3.05, 3.63) is 0 Å². The fourth-order valence-electron chi connectivity index (χ4n) is 1.27. The summed E-state index contributed by atoms with van der Waals surface area (Å²) in [5, 5.41) is 0. The molecular weight excluding hydrogens is 182 g/mol. The van der Waals surface area contributed by atoms with Gasteiger partial charge >= 0.3 is 6.03 Å². The molecule has 0 aromatic heterocycles. The van der Waals surface area contributed by atoms with Gasteiger partial charge in [-0.3, -0.25) is 4.99 Å². The zero-order valence-corrected chi connectivity index (χ0v) is 7.88. The van der Waals surface area contributed by atoms with E-state index in [4.69, 9.17) is 0 Å². The zero-order valence-electron chi connectivity index (χ0n) is 7.88. The fourth-order valence-corrected chi connectivity index (χ4v) is 1.27. The first-order valence-electron chi connectivity index (χ1n) is 4.13. The highest BCUT2D eigenvalue weighted by Crippen LogP contribution is 2.11. The van der Waals surface area contributed by atoms with E-state index in [1.54, 1.807) is 11.1 Å². The fraction of sp³-hybridized carbons (Fsp3) is 0.375. The van der Waals surface area contributed by atoms with Crippen LogP contribution < -0.4 is 0 Å². The summed E-state index contributed by atoms with van der Waals surface area (Å²) in [6, 6.07) is -0.845. The molecule has 1 unspecified atom stereocenters. The smallest absolute Gasteiger partial charge is 0.364 e. The van der Waals surface area contributed by atoms with E-state index in [0.29, 0.717) is 11.7 Å². The standard InChI is InChI=1S/C8H9N5O/c1-13(2)7-5-6(10-4-3-9-5)11-8(14)12-7/h3-5H,1-2H3. The van der Waals surface area contributed by atoms with E-state index >= 15 is 0 Å². The highest BCUT2D eigenvalue weighted by Gasteiger charge is 2.29. The van der Waals surface area contributed by atoms with Gasteiger partial charge in [0.1, 0.15) is 5.84 Å². The summed E-state index contributed by atoms with van der Waals surface area (Å²) in [7, 11) is 3.62. The van der Waals surface area contributed by atoms with E-state index in [2.05, 4.69) is 20.0 Å². The molecule has 14 heavy (non-hydrogen) atoms. The van der Waals surface area contributed by atoms with Crippen molar-refractivity contribution in [3.8, 4) is 0 Å². The Morgan fingerprint density at radius 1 is 1.29 bits per heavy atom. The summed E-state index contributed by atoms with van der Waals surface area (Å²) in [6.45, 7) is 0. The minimum atomic E-state index is -0.519. The molecule has 6 heteroatoms. The van der Waals surface area contributed by atoms with Crippen LogP contribution in [-0.2, 0) is 0 Å². The van der Waals surface area contributed by atoms with E-state index < -0.39 is 6.03 Å². The Morgan fingerprint density at radius 3 is 2.79 bits per heavy atom. The lowest BCUT2D eigenvalue weighted by Crippen LogP contribution is -2.41. The molecule has 0 spiro atoms. The molecule has 2 aliphatic heterocycles. The molecule has 0 N–H and O–H groups in total. The van der Waals surface area contributed by atoms with Gasteiger partial charge < -0.3 is 4.90 Å². The second-order valence-corrected chi connectivity index (χ2v) is 3.10. The highest BCUT2D eigenvalue weighted by atomic mass is 16.2. The van der Waals surface area contributed by atoms with Crippen molar-refractivity contribution in [3.63, 3.8) is 0 Å². The third-order valence-corrected chi connectivity index (χ3v) is 1.88. The number of hydrogen-bond acceptors (Lipinski definition) is 4. The number of likely N-dealkylation sites (N-methyl/N-ethyl adjacent to an activating group) is 1. The monoisotopic (exact) mass is 191 g/mol. The summed E-state index contributed by atoms with van der Waals surface area (Å²) in [4.78, 5) is 28.5. The van der Waals surface area contributed by atoms with Crippen LogP contribution in [0.2, 0.25) is 0 Å². The van der Waals surface area contributed by atoms with E-state index in [0.717, 1.165) is 0 Å². The van der Waals surface area contributed by atoms with Crippen molar-refractivity contribution in [2.45, 2.75) is 6.04 Å². The van der Waals surface area contributed by atoms with Crippen LogP contribution in [0.1, 0.15) is 0 Å². The molecular formula is C8H9N5O. The second-order valence-electron chi connectivity index (χ2n) is 3.10. The molecule has 2 amide bonds. The normalized spacial score (nSPS) is 24.1. The number of fused-ring (bicyclic) bond motifs is 1. The van der Waals surface area contributed by atoms with Crippen LogP contribution in [0.25, 0.3) is 0 Å². The number of rotatable bonds is 0. The van der Waals surface area contributed by atoms with E-state index in [9.17, 15) is 4.79 Å². The van der Waals surface area contributed by atoms with Gasteiger partial charge in [0.05, 0.1) is 0 Å². The second kappa shape index (κ2) is 3.13. The largest absolute Gasteiger partial charge is 0.370 e. The molecule has 1 atom stereocenters. The SMILES string of the molecule is CN(C)C1=NC(=O)N=C2N=CC=NC21. The lowest BCUT2D eigenvalue weighted by atomic mass is 10.2. The summed E-state index contributed by atoms with van der Waals surface area (Å²) in [5.41, 5.74) is 0. The van der Waals surface area contributed by atoms with Gasteiger partial charge in [-0.25, -0.2) is 9.79 Å². The molecule has 72 valence electrons. The van der Waals surface area contributed by atoms with Crippen LogP contribution in [-0.4, -0.2) is 55.2 Å². The lowest BCUT2D eigenvalue weighted by Gasteiger charge is -2.24. The first kappa shape index (κ1) is 8.74. The van der Waals surface area contributed by atoms with Crippen molar-refractivity contribution >= 4 is 30.1 Å². The summed E-state index contributed by atoms with van der Waals surface area (Å²) >= 11 is 0. The zero-order chi connectivity index (χ0) is 10.1. The predicted octanol–water partition coefficient (Wildman–Crippen LogP) is 0.00240. The number of amides is 2. The van der Waals surface area contributed by atoms with E-state index in [-0.39, 0.29) is 6.04 Å². The molecule has 6 nitrogen and oxygen atoms in total. The van der Waals surface area contributed by atoms with Crippen LogP contribution in [0.3, 0.4) is 0 Å². The Bertz CT molecular complexity index is 391. The number of hydrogen-bond donors (Lipinski definition) is 0. The molecule has 0 aliphatic carbocycles. The molecule has 0 aromatic rings. The number of urea groups is 1. The average Bonchev–Trinajstić information content (AvgIpc) is 2.16. The Kier molecular flexibility index (Phi) is 1.95. The maximum Gasteiger partial charge on any atom is 0.370 e. The predicted molar refractivity (Wildman–Crippen MR) is 54.7 cm³/mol. The van der Waals surface area contributed by atoms with Crippen LogP contribution >= 0.6 is 0 Å². The van der Waals surface area contributed by atoms with Gasteiger partial charge in [-0.2, -0.15) is 9.98 Å². The average molecular weight is 191 g/mol.